The van der Waals surface area contributed by atoms with Crippen LogP contribution >= 0.6 is 0 Å². The van der Waals surface area contributed by atoms with Crippen molar-refractivity contribution in [1.29, 1.82) is 0 Å². The average Bonchev–Trinajstić information content (AvgIpc) is 3.29. The molecule has 4 heterocycles. The third-order valence-corrected chi connectivity index (χ3v) is 6.40. The Morgan fingerprint density at radius 2 is 2.04 bits per heavy atom. The normalized spacial score (nSPS) is 35.0. The summed E-state index contributed by atoms with van der Waals surface area (Å²) in [4.78, 5) is 14.6. The first-order chi connectivity index (χ1) is 12.2. The van der Waals surface area contributed by atoms with Crippen molar-refractivity contribution < 1.29 is 19.0 Å². The number of carbonyl (C=O) groups excluding carboxylic acids is 1. The molecule has 0 N–H and O–H groups in total. The molecule has 1 spiro atoms. The van der Waals surface area contributed by atoms with E-state index in [1.54, 1.807) is 6.08 Å². The smallest absolute Gasteiger partial charge is 0.332 e. The number of hydrogen-bond donors (Lipinski definition) is 0. The van der Waals surface area contributed by atoms with E-state index in [0.29, 0.717) is 12.1 Å². The van der Waals surface area contributed by atoms with Gasteiger partial charge in [0.1, 0.15) is 0 Å². The zero-order valence-electron chi connectivity index (χ0n) is 13.9. The van der Waals surface area contributed by atoms with Gasteiger partial charge in [-0.15, -0.1) is 0 Å². The minimum Gasteiger partial charge on any atom is -0.454 e. The van der Waals surface area contributed by atoms with Crippen LogP contribution in [0.4, 0.5) is 0 Å². The second kappa shape index (κ2) is 4.67. The lowest BCUT2D eigenvalue weighted by molar-refractivity contribution is -0.148. The zero-order chi connectivity index (χ0) is 16.6. The summed E-state index contributed by atoms with van der Waals surface area (Å²) in [7, 11) is 0. The molecule has 0 amide bonds. The predicted octanol–water partition coefficient (Wildman–Crippen LogP) is 2.66. The zero-order valence-corrected chi connectivity index (χ0v) is 13.9. The van der Waals surface area contributed by atoms with Crippen LogP contribution in [0.5, 0.6) is 11.5 Å². The summed E-state index contributed by atoms with van der Waals surface area (Å²) in [6.07, 6.45) is 8.28. The molecule has 4 aliphatic heterocycles. The Labute approximate surface area is 145 Å². The van der Waals surface area contributed by atoms with Gasteiger partial charge < -0.3 is 14.2 Å². The lowest BCUT2D eigenvalue weighted by atomic mass is 9.77. The summed E-state index contributed by atoms with van der Waals surface area (Å²) in [5, 5.41) is 0. The highest BCUT2D eigenvalue weighted by Gasteiger charge is 2.61. The highest BCUT2D eigenvalue weighted by molar-refractivity contribution is 5.91. The van der Waals surface area contributed by atoms with Crippen molar-refractivity contribution in [3.8, 4) is 11.5 Å². The standard InChI is InChI=1S/C20H19NO4/c22-19-9-13-8-14(12-4-5-16-17(7-12)24-11-23-16)15-10-20(13,25-19)18-3-1-2-6-21(15)18/h4-5,7-9,15,18H,1-3,6,10-11H2/t15-,18+,20-/m0/s1. The molecule has 5 nitrogen and oxygen atoms in total. The van der Waals surface area contributed by atoms with Crippen LogP contribution in [-0.2, 0) is 9.53 Å². The third-order valence-electron chi connectivity index (χ3n) is 6.40. The van der Waals surface area contributed by atoms with Crippen molar-refractivity contribution in [2.24, 2.45) is 0 Å². The highest BCUT2D eigenvalue weighted by Crippen LogP contribution is 2.55. The van der Waals surface area contributed by atoms with Gasteiger partial charge >= 0.3 is 5.97 Å². The molecule has 2 bridgehead atoms. The first-order valence-corrected chi connectivity index (χ1v) is 9.07. The minimum absolute atomic E-state index is 0.190. The Morgan fingerprint density at radius 1 is 1.12 bits per heavy atom. The third kappa shape index (κ3) is 1.74. The fourth-order valence-corrected chi connectivity index (χ4v) is 5.37. The maximum absolute atomic E-state index is 12.1. The van der Waals surface area contributed by atoms with E-state index in [9.17, 15) is 4.79 Å². The van der Waals surface area contributed by atoms with Crippen molar-refractivity contribution in [2.75, 3.05) is 13.3 Å². The van der Waals surface area contributed by atoms with Gasteiger partial charge in [-0.05, 0) is 48.7 Å². The van der Waals surface area contributed by atoms with Crippen LogP contribution in [0.25, 0.3) is 5.57 Å². The van der Waals surface area contributed by atoms with Gasteiger partial charge in [-0.3, -0.25) is 4.90 Å². The Bertz CT molecular complexity index is 857. The van der Waals surface area contributed by atoms with E-state index in [1.165, 1.54) is 18.4 Å². The van der Waals surface area contributed by atoms with Crippen LogP contribution in [0.1, 0.15) is 31.2 Å². The summed E-state index contributed by atoms with van der Waals surface area (Å²) in [6, 6.07) is 6.76. The Balaban J connectivity index is 1.50. The van der Waals surface area contributed by atoms with Gasteiger partial charge in [0, 0.05) is 24.1 Å². The van der Waals surface area contributed by atoms with E-state index in [0.717, 1.165) is 42.0 Å². The van der Waals surface area contributed by atoms with E-state index in [1.807, 2.05) is 6.07 Å². The molecular formula is C20H19NO4. The number of ether oxygens (including phenoxy) is 3. The quantitative estimate of drug-likeness (QED) is 0.738. The molecule has 5 heteroatoms. The van der Waals surface area contributed by atoms with E-state index in [-0.39, 0.29) is 12.8 Å². The minimum atomic E-state index is -0.415. The fraction of sp³-hybridized carbons (Fsp3) is 0.450. The van der Waals surface area contributed by atoms with Crippen LogP contribution in [0.3, 0.4) is 0 Å². The molecule has 0 saturated carbocycles. The Hall–Kier alpha value is -2.27. The molecule has 3 atom stereocenters. The monoisotopic (exact) mass is 337 g/mol. The van der Waals surface area contributed by atoms with E-state index < -0.39 is 5.60 Å². The molecule has 2 saturated heterocycles. The number of fused-ring (bicyclic) bond motifs is 4. The molecule has 0 radical (unpaired) electrons. The van der Waals surface area contributed by atoms with Crippen molar-refractivity contribution in [2.45, 2.75) is 43.4 Å². The first kappa shape index (κ1) is 14.0. The van der Waals surface area contributed by atoms with Crippen LogP contribution in [0.2, 0.25) is 0 Å². The second-order valence-electron chi connectivity index (χ2n) is 7.55. The lowest BCUT2D eigenvalue weighted by Gasteiger charge is -2.37. The highest BCUT2D eigenvalue weighted by atomic mass is 16.7. The molecular weight excluding hydrogens is 318 g/mol. The Morgan fingerprint density at radius 3 is 3.00 bits per heavy atom. The van der Waals surface area contributed by atoms with Gasteiger partial charge in [0.2, 0.25) is 6.79 Å². The number of carbonyl (C=O) groups is 1. The summed E-state index contributed by atoms with van der Waals surface area (Å²) < 4.78 is 16.9. The molecule has 1 aromatic rings. The maximum atomic E-state index is 12.1. The predicted molar refractivity (Wildman–Crippen MR) is 90.2 cm³/mol. The summed E-state index contributed by atoms with van der Waals surface area (Å²) in [5.74, 6) is 1.41. The van der Waals surface area contributed by atoms with Gasteiger partial charge in [0.05, 0.1) is 6.04 Å². The number of hydrogen-bond acceptors (Lipinski definition) is 5. The number of rotatable bonds is 1. The van der Waals surface area contributed by atoms with Gasteiger partial charge in [-0.2, -0.15) is 0 Å². The SMILES string of the molecule is O=C1C=C2C=C(c3ccc4c(c3)OCO4)[C@@H]3C[C@@]2(O1)[C@H]1CCCCN31. The maximum Gasteiger partial charge on any atom is 0.332 e. The van der Waals surface area contributed by atoms with Crippen LogP contribution < -0.4 is 9.47 Å². The fourth-order valence-electron chi connectivity index (χ4n) is 5.37. The average molecular weight is 337 g/mol. The molecule has 0 unspecified atom stereocenters. The van der Waals surface area contributed by atoms with Crippen LogP contribution in [0, 0.1) is 0 Å². The molecule has 2 fully saturated rings. The van der Waals surface area contributed by atoms with Crippen molar-refractivity contribution in [3.05, 3.63) is 41.5 Å². The van der Waals surface area contributed by atoms with Crippen molar-refractivity contribution >= 4 is 11.5 Å². The van der Waals surface area contributed by atoms with Gasteiger partial charge in [0.25, 0.3) is 0 Å². The Kier molecular flexibility index (Phi) is 2.61. The van der Waals surface area contributed by atoms with Crippen LogP contribution in [0.15, 0.2) is 35.9 Å². The largest absolute Gasteiger partial charge is 0.454 e. The number of benzene rings is 1. The number of esters is 1. The molecule has 25 heavy (non-hydrogen) atoms. The van der Waals surface area contributed by atoms with Crippen molar-refractivity contribution in [1.82, 2.24) is 4.90 Å². The molecule has 0 aromatic heterocycles. The van der Waals surface area contributed by atoms with E-state index in [4.69, 9.17) is 14.2 Å². The van der Waals surface area contributed by atoms with Gasteiger partial charge in [-0.25, -0.2) is 4.79 Å². The lowest BCUT2D eigenvalue weighted by Crippen LogP contribution is -2.48. The summed E-state index contributed by atoms with van der Waals surface area (Å²) in [6.45, 7) is 1.36. The van der Waals surface area contributed by atoms with Gasteiger partial charge in [-0.1, -0.05) is 12.5 Å². The summed E-state index contributed by atoms with van der Waals surface area (Å²) >= 11 is 0. The molecule has 1 aliphatic carbocycles. The second-order valence-corrected chi connectivity index (χ2v) is 7.55. The topological polar surface area (TPSA) is 48.0 Å². The number of piperidine rings is 1. The summed E-state index contributed by atoms with van der Waals surface area (Å²) in [5.41, 5.74) is 3.05. The molecule has 1 aromatic carbocycles. The van der Waals surface area contributed by atoms with E-state index >= 15 is 0 Å². The first-order valence-electron chi connectivity index (χ1n) is 9.07. The van der Waals surface area contributed by atoms with Gasteiger partial charge in [0.15, 0.2) is 17.1 Å². The number of nitrogens with zero attached hydrogens (tertiary/aromatic N) is 1. The molecule has 6 rings (SSSR count). The van der Waals surface area contributed by atoms with Crippen LogP contribution in [-0.4, -0.2) is 41.9 Å². The molecule has 5 aliphatic rings. The van der Waals surface area contributed by atoms with Crippen molar-refractivity contribution in [3.63, 3.8) is 0 Å². The van der Waals surface area contributed by atoms with E-state index in [2.05, 4.69) is 23.1 Å². The molecule has 128 valence electrons.